The maximum absolute atomic E-state index is 11.9. The highest BCUT2D eigenvalue weighted by Crippen LogP contribution is 2.18. The summed E-state index contributed by atoms with van der Waals surface area (Å²) in [6, 6.07) is 6.57. The minimum Gasteiger partial charge on any atom is -0.459 e. The highest BCUT2D eigenvalue weighted by molar-refractivity contribution is 6.03. The summed E-state index contributed by atoms with van der Waals surface area (Å²) in [5.41, 5.74) is 0.534. The third kappa shape index (κ3) is 2.70. The average molecular weight is 248 g/mol. The molecule has 1 heterocycles. The third-order valence-corrected chi connectivity index (χ3v) is 2.96. The predicted octanol–water partition coefficient (Wildman–Crippen LogP) is 2.57. The Morgan fingerprint density at radius 2 is 1.28 bits per heavy atom. The molecule has 0 radical (unpaired) electrons. The Balaban J connectivity index is 2.38. The van der Waals surface area contributed by atoms with Gasteiger partial charge in [-0.2, -0.15) is 0 Å². The SMILES string of the molecule is CC1CCC(C)OC(=O)c2ccccc2C(=O)O1. The molecule has 2 atom stereocenters. The fourth-order valence-corrected chi connectivity index (χ4v) is 1.92. The van der Waals surface area contributed by atoms with Crippen molar-refractivity contribution in [3.05, 3.63) is 35.4 Å². The van der Waals surface area contributed by atoms with Crippen LogP contribution in [0.25, 0.3) is 0 Å². The van der Waals surface area contributed by atoms with Crippen LogP contribution >= 0.6 is 0 Å². The van der Waals surface area contributed by atoms with E-state index < -0.39 is 11.9 Å². The van der Waals surface area contributed by atoms with Crippen LogP contribution in [0.5, 0.6) is 0 Å². The first-order valence-corrected chi connectivity index (χ1v) is 6.09. The number of hydrogen-bond acceptors (Lipinski definition) is 4. The van der Waals surface area contributed by atoms with E-state index in [9.17, 15) is 9.59 Å². The molecule has 0 fully saturated rings. The minimum atomic E-state index is -0.468. The lowest BCUT2D eigenvalue weighted by Gasteiger charge is -2.20. The summed E-state index contributed by atoms with van der Waals surface area (Å²) >= 11 is 0. The van der Waals surface area contributed by atoms with Crippen molar-refractivity contribution in [3.63, 3.8) is 0 Å². The topological polar surface area (TPSA) is 52.6 Å². The number of ether oxygens (including phenoxy) is 2. The van der Waals surface area contributed by atoms with Crippen LogP contribution in [0.15, 0.2) is 24.3 Å². The Labute approximate surface area is 106 Å². The molecule has 1 aromatic rings. The van der Waals surface area contributed by atoms with Gasteiger partial charge in [-0.3, -0.25) is 0 Å². The van der Waals surface area contributed by atoms with Gasteiger partial charge in [-0.25, -0.2) is 9.59 Å². The molecule has 4 nitrogen and oxygen atoms in total. The number of carbonyl (C=O) groups excluding carboxylic acids is 2. The molecule has 0 amide bonds. The first kappa shape index (κ1) is 12.6. The summed E-state index contributed by atoms with van der Waals surface area (Å²) in [5, 5.41) is 0. The van der Waals surface area contributed by atoms with E-state index in [-0.39, 0.29) is 23.3 Å². The number of carbonyl (C=O) groups is 2. The lowest BCUT2D eigenvalue weighted by Crippen LogP contribution is -2.24. The highest BCUT2D eigenvalue weighted by Gasteiger charge is 2.24. The van der Waals surface area contributed by atoms with Crippen molar-refractivity contribution in [1.82, 2.24) is 0 Å². The molecule has 2 rings (SSSR count). The van der Waals surface area contributed by atoms with Gasteiger partial charge in [0.15, 0.2) is 0 Å². The Morgan fingerprint density at radius 3 is 1.67 bits per heavy atom. The van der Waals surface area contributed by atoms with E-state index in [0.717, 1.165) is 0 Å². The molecule has 0 aliphatic carbocycles. The lowest BCUT2D eigenvalue weighted by molar-refractivity contribution is 0.0149. The molecule has 0 saturated carbocycles. The molecule has 0 aromatic heterocycles. The molecule has 2 unspecified atom stereocenters. The Bertz CT molecular complexity index is 424. The highest BCUT2D eigenvalue weighted by atomic mass is 16.6. The van der Waals surface area contributed by atoms with Gasteiger partial charge in [0.05, 0.1) is 23.3 Å². The Kier molecular flexibility index (Phi) is 3.65. The summed E-state index contributed by atoms with van der Waals surface area (Å²) in [5.74, 6) is -0.936. The monoisotopic (exact) mass is 248 g/mol. The van der Waals surface area contributed by atoms with Crippen molar-refractivity contribution in [3.8, 4) is 0 Å². The van der Waals surface area contributed by atoms with Crippen LogP contribution in [-0.4, -0.2) is 24.1 Å². The standard InChI is InChI=1S/C14H16O4/c1-9-7-8-10(2)18-14(16)12-6-4-3-5-11(12)13(15)17-9/h3-6,9-10H,7-8H2,1-2H3. The first-order chi connectivity index (χ1) is 8.58. The van der Waals surface area contributed by atoms with Gasteiger partial charge < -0.3 is 9.47 Å². The normalized spacial score (nSPS) is 24.8. The Morgan fingerprint density at radius 1 is 0.889 bits per heavy atom. The summed E-state index contributed by atoms with van der Waals surface area (Å²) < 4.78 is 10.6. The zero-order valence-corrected chi connectivity index (χ0v) is 10.5. The van der Waals surface area contributed by atoms with Crippen LogP contribution in [0, 0.1) is 0 Å². The molecule has 1 aliphatic heterocycles. The van der Waals surface area contributed by atoms with Crippen molar-refractivity contribution in [2.45, 2.75) is 38.9 Å². The van der Waals surface area contributed by atoms with E-state index in [4.69, 9.17) is 9.47 Å². The van der Waals surface area contributed by atoms with Gasteiger partial charge in [-0.1, -0.05) is 12.1 Å². The summed E-state index contributed by atoms with van der Waals surface area (Å²) in [4.78, 5) is 23.9. The van der Waals surface area contributed by atoms with E-state index in [1.807, 2.05) is 13.8 Å². The quantitative estimate of drug-likeness (QED) is 0.662. The molecule has 0 bridgehead atoms. The van der Waals surface area contributed by atoms with Gasteiger partial charge in [0, 0.05) is 0 Å². The van der Waals surface area contributed by atoms with Crippen molar-refractivity contribution >= 4 is 11.9 Å². The largest absolute Gasteiger partial charge is 0.459 e. The summed E-state index contributed by atoms with van der Waals surface area (Å²) in [6.07, 6.45) is 1.01. The second-order valence-corrected chi connectivity index (χ2v) is 4.55. The lowest BCUT2D eigenvalue weighted by atomic mass is 10.1. The smallest absolute Gasteiger partial charge is 0.339 e. The number of cyclic esters (lactones) is 2. The van der Waals surface area contributed by atoms with Crippen LogP contribution in [-0.2, 0) is 9.47 Å². The molecule has 96 valence electrons. The minimum absolute atomic E-state index is 0.176. The first-order valence-electron chi connectivity index (χ1n) is 6.09. The van der Waals surface area contributed by atoms with Crippen LogP contribution < -0.4 is 0 Å². The fraction of sp³-hybridized carbons (Fsp3) is 0.429. The van der Waals surface area contributed by atoms with Gasteiger partial charge >= 0.3 is 11.9 Å². The maximum Gasteiger partial charge on any atom is 0.339 e. The van der Waals surface area contributed by atoms with Crippen LogP contribution in [0.3, 0.4) is 0 Å². The van der Waals surface area contributed by atoms with Crippen molar-refractivity contribution < 1.29 is 19.1 Å². The van der Waals surface area contributed by atoms with E-state index >= 15 is 0 Å². The summed E-state index contributed by atoms with van der Waals surface area (Å²) in [6.45, 7) is 3.69. The van der Waals surface area contributed by atoms with Gasteiger partial charge in [0.25, 0.3) is 0 Å². The number of hydrogen-bond donors (Lipinski definition) is 0. The molecule has 1 aromatic carbocycles. The van der Waals surface area contributed by atoms with Gasteiger partial charge in [0.2, 0.25) is 0 Å². The van der Waals surface area contributed by atoms with Gasteiger partial charge in [-0.15, -0.1) is 0 Å². The molecule has 0 N–H and O–H groups in total. The van der Waals surface area contributed by atoms with Crippen LogP contribution in [0.4, 0.5) is 0 Å². The van der Waals surface area contributed by atoms with Gasteiger partial charge in [-0.05, 0) is 38.8 Å². The van der Waals surface area contributed by atoms with E-state index in [2.05, 4.69) is 0 Å². The zero-order chi connectivity index (χ0) is 13.1. The Hall–Kier alpha value is -1.84. The molecular weight excluding hydrogens is 232 g/mol. The van der Waals surface area contributed by atoms with Crippen molar-refractivity contribution in [2.24, 2.45) is 0 Å². The number of fused-ring (bicyclic) bond motifs is 1. The van der Waals surface area contributed by atoms with E-state index in [0.29, 0.717) is 12.8 Å². The summed E-state index contributed by atoms with van der Waals surface area (Å²) in [7, 11) is 0. The van der Waals surface area contributed by atoms with Gasteiger partial charge in [0.1, 0.15) is 0 Å². The average Bonchev–Trinajstić information content (AvgIpc) is 2.35. The molecule has 0 saturated heterocycles. The predicted molar refractivity (Wildman–Crippen MR) is 65.4 cm³/mol. The third-order valence-electron chi connectivity index (χ3n) is 2.96. The molecule has 18 heavy (non-hydrogen) atoms. The number of rotatable bonds is 0. The molecule has 4 heteroatoms. The van der Waals surface area contributed by atoms with Crippen molar-refractivity contribution in [1.29, 1.82) is 0 Å². The van der Waals surface area contributed by atoms with E-state index in [1.165, 1.54) is 0 Å². The maximum atomic E-state index is 11.9. The molecular formula is C14H16O4. The van der Waals surface area contributed by atoms with E-state index in [1.54, 1.807) is 24.3 Å². The zero-order valence-electron chi connectivity index (χ0n) is 10.5. The molecule has 1 aliphatic rings. The van der Waals surface area contributed by atoms with Crippen LogP contribution in [0.1, 0.15) is 47.4 Å². The van der Waals surface area contributed by atoms with Crippen LogP contribution in [0.2, 0.25) is 0 Å². The fourth-order valence-electron chi connectivity index (χ4n) is 1.92. The number of benzene rings is 1. The molecule has 0 spiro atoms. The van der Waals surface area contributed by atoms with Crippen molar-refractivity contribution in [2.75, 3.05) is 0 Å². The second kappa shape index (κ2) is 5.21. The second-order valence-electron chi connectivity index (χ2n) is 4.55. The number of esters is 2.